The third kappa shape index (κ3) is 2.47. The van der Waals surface area contributed by atoms with Crippen LogP contribution in [-0.4, -0.2) is 22.6 Å². The van der Waals surface area contributed by atoms with Crippen LogP contribution in [0.3, 0.4) is 0 Å². The molecule has 3 nitrogen and oxygen atoms in total. The first kappa shape index (κ1) is 12.5. The van der Waals surface area contributed by atoms with E-state index in [0.29, 0.717) is 0 Å². The average molecular weight is 257 g/mol. The summed E-state index contributed by atoms with van der Waals surface area (Å²) >= 11 is 0. The first-order chi connectivity index (χ1) is 9.28. The number of nitrogens with zero attached hydrogens (tertiary/aromatic N) is 2. The fourth-order valence-electron chi connectivity index (χ4n) is 3.13. The fourth-order valence-corrected chi connectivity index (χ4v) is 3.13. The maximum Gasteiger partial charge on any atom is 0.0485 e. The van der Waals surface area contributed by atoms with Crippen molar-refractivity contribution in [3.8, 4) is 0 Å². The van der Waals surface area contributed by atoms with Crippen molar-refractivity contribution in [1.29, 1.82) is 0 Å². The fraction of sp³-hybridized carbons (Fsp3) is 0.500. The molecule has 2 N–H and O–H groups in total. The zero-order chi connectivity index (χ0) is 13.2. The zero-order valence-corrected chi connectivity index (χ0v) is 11.7. The smallest absolute Gasteiger partial charge is 0.0485 e. The summed E-state index contributed by atoms with van der Waals surface area (Å²) < 4.78 is 2.33. The van der Waals surface area contributed by atoms with E-state index in [2.05, 4.69) is 34.7 Å². The van der Waals surface area contributed by atoms with Crippen LogP contribution >= 0.6 is 0 Å². The maximum absolute atomic E-state index is 5.95. The molecule has 0 spiro atoms. The highest BCUT2D eigenvalue weighted by Gasteiger charge is 2.14. The molecule has 102 valence electrons. The van der Waals surface area contributed by atoms with Gasteiger partial charge in [-0.2, -0.15) is 0 Å². The molecule has 0 amide bonds. The third-order valence-electron chi connectivity index (χ3n) is 4.17. The topological polar surface area (TPSA) is 34.2 Å². The van der Waals surface area contributed by atoms with Crippen molar-refractivity contribution in [3.05, 3.63) is 30.0 Å². The quantitative estimate of drug-likeness (QED) is 0.857. The number of rotatable bonds is 3. The zero-order valence-electron chi connectivity index (χ0n) is 11.7. The summed E-state index contributed by atoms with van der Waals surface area (Å²) in [7, 11) is 0. The van der Waals surface area contributed by atoms with E-state index in [1.165, 1.54) is 48.8 Å². The van der Waals surface area contributed by atoms with Crippen molar-refractivity contribution >= 4 is 16.6 Å². The summed E-state index contributed by atoms with van der Waals surface area (Å²) in [4.78, 5) is 2.57. The Bertz CT molecular complexity index is 565. The molecule has 19 heavy (non-hydrogen) atoms. The summed E-state index contributed by atoms with van der Waals surface area (Å²) in [5, 5.41) is 1.33. The Balaban J connectivity index is 1.95. The molecule has 1 aliphatic rings. The summed E-state index contributed by atoms with van der Waals surface area (Å²) in [6, 6.07) is 6.27. The minimum absolute atomic E-state index is 0.862. The highest BCUT2D eigenvalue weighted by molar-refractivity contribution is 5.86. The largest absolute Gasteiger partial charge is 0.399 e. The number of nitrogens with two attached hydrogens (primary N) is 1. The number of likely N-dealkylation sites (tertiary alicyclic amines) is 1. The van der Waals surface area contributed by atoms with E-state index in [9.17, 15) is 0 Å². The summed E-state index contributed by atoms with van der Waals surface area (Å²) in [5.74, 6) is 0. The molecule has 1 aliphatic heterocycles. The highest BCUT2D eigenvalue weighted by Crippen LogP contribution is 2.26. The molecule has 0 saturated carbocycles. The number of nitrogen functional groups attached to an aromatic ring is 1. The normalized spacial score (nSPS) is 17.1. The minimum atomic E-state index is 0.862. The van der Waals surface area contributed by atoms with E-state index in [1.54, 1.807) is 0 Å². The first-order valence-electron chi connectivity index (χ1n) is 7.37. The molecule has 1 fully saturated rings. The van der Waals surface area contributed by atoms with Crippen molar-refractivity contribution < 1.29 is 0 Å². The Morgan fingerprint density at radius 1 is 1.16 bits per heavy atom. The lowest BCUT2D eigenvalue weighted by Crippen LogP contribution is -2.28. The summed E-state index contributed by atoms with van der Waals surface area (Å²) in [5.41, 5.74) is 9.55. The van der Waals surface area contributed by atoms with Crippen molar-refractivity contribution in [3.63, 3.8) is 0 Å². The number of fused-ring (bicyclic) bond motifs is 1. The molecule has 2 aromatic rings. The van der Waals surface area contributed by atoms with Gasteiger partial charge in [0.05, 0.1) is 0 Å². The van der Waals surface area contributed by atoms with Gasteiger partial charge in [-0.1, -0.05) is 6.42 Å². The van der Waals surface area contributed by atoms with Gasteiger partial charge in [0.25, 0.3) is 0 Å². The van der Waals surface area contributed by atoms with Crippen LogP contribution in [0.25, 0.3) is 10.9 Å². The van der Waals surface area contributed by atoms with Gasteiger partial charge in [-0.25, -0.2) is 0 Å². The second-order valence-corrected chi connectivity index (χ2v) is 5.55. The molecule has 0 radical (unpaired) electrons. The second-order valence-electron chi connectivity index (χ2n) is 5.55. The molecule has 0 aliphatic carbocycles. The number of piperidine rings is 1. The number of anilines is 1. The second kappa shape index (κ2) is 5.25. The Hall–Kier alpha value is -1.48. The van der Waals surface area contributed by atoms with Gasteiger partial charge in [0.1, 0.15) is 0 Å². The Morgan fingerprint density at radius 2 is 1.95 bits per heavy atom. The van der Waals surface area contributed by atoms with Crippen LogP contribution in [0.1, 0.15) is 31.7 Å². The van der Waals surface area contributed by atoms with Crippen molar-refractivity contribution in [2.24, 2.45) is 0 Å². The lowest BCUT2D eigenvalue weighted by molar-refractivity contribution is 0.221. The number of hydrogen-bond acceptors (Lipinski definition) is 2. The van der Waals surface area contributed by atoms with Crippen LogP contribution in [0.15, 0.2) is 24.4 Å². The number of aromatic nitrogens is 1. The molecule has 1 aromatic carbocycles. The van der Waals surface area contributed by atoms with Crippen LogP contribution < -0.4 is 5.73 Å². The molecule has 3 rings (SSSR count). The van der Waals surface area contributed by atoms with E-state index in [-0.39, 0.29) is 0 Å². The Morgan fingerprint density at radius 3 is 2.68 bits per heavy atom. The molecule has 0 bridgehead atoms. The van der Waals surface area contributed by atoms with Gasteiger partial charge in [0.15, 0.2) is 0 Å². The van der Waals surface area contributed by atoms with Crippen LogP contribution in [0.2, 0.25) is 0 Å². The molecule has 0 atom stereocenters. The summed E-state index contributed by atoms with van der Waals surface area (Å²) in [6.07, 6.45) is 6.38. The molecular weight excluding hydrogens is 234 g/mol. The van der Waals surface area contributed by atoms with E-state index in [0.717, 1.165) is 18.8 Å². The Labute approximate surface area is 115 Å². The monoisotopic (exact) mass is 257 g/mol. The number of aryl methyl sites for hydroxylation is 1. The molecule has 1 aromatic heterocycles. The lowest BCUT2D eigenvalue weighted by Gasteiger charge is -2.26. The molecule has 0 unspecified atom stereocenters. The minimum Gasteiger partial charge on any atom is -0.399 e. The van der Waals surface area contributed by atoms with Gasteiger partial charge < -0.3 is 10.3 Å². The van der Waals surface area contributed by atoms with Crippen LogP contribution in [-0.2, 0) is 13.1 Å². The van der Waals surface area contributed by atoms with Gasteiger partial charge in [-0.15, -0.1) is 0 Å². The van der Waals surface area contributed by atoms with Crippen LogP contribution in [0.4, 0.5) is 5.69 Å². The maximum atomic E-state index is 5.95. The van der Waals surface area contributed by atoms with Crippen molar-refractivity contribution in [2.45, 2.75) is 39.3 Å². The lowest BCUT2D eigenvalue weighted by atomic mass is 10.1. The standard InChI is InChI=1S/C16H23N3/c1-2-19-12-13(11-18-8-4-3-5-9-18)15-10-14(17)6-7-16(15)19/h6-7,10,12H,2-5,8-9,11,17H2,1H3. The van der Waals surface area contributed by atoms with E-state index in [1.807, 2.05) is 6.07 Å². The van der Waals surface area contributed by atoms with Gasteiger partial charge >= 0.3 is 0 Å². The van der Waals surface area contributed by atoms with Gasteiger partial charge in [-0.05, 0) is 56.6 Å². The summed E-state index contributed by atoms with van der Waals surface area (Å²) in [6.45, 7) is 6.75. The Kier molecular flexibility index (Phi) is 3.47. The van der Waals surface area contributed by atoms with Gasteiger partial charge in [0.2, 0.25) is 0 Å². The van der Waals surface area contributed by atoms with Gasteiger partial charge in [-0.3, -0.25) is 4.90 Å². The molecule has 2 heterocycles. The predicted octanol–water partition coefficient (Wildman–Crippen LogP) is 3.23. The predicted molar refractivity (Wildman–Crippen MR) is 81.2 cm³/mol. The highest BCUT2D eigenvalue weighted by atomic mass is 15.1. The van der Waals surface area contributed by atoms with Crippen molar-refractivity contribution in [1.82, 2.24) is 9.47 Å². The molecule has 1 saturated heterocycles. The SMILES string of the molecule is CCn1cc(CN2CCCCC2)c2cc(N)ccc21. The van der Waals surface area contributed by atoms with Gasteiger partial charge in [0, 0.05) is 35.9 Å². The van der Waals surface area contributed by atoms with E-state index < -0.39 is 0 Å². The molecular formula is C16H23N3. The van der Waals surface area contributed by atoms with E-state index >= 15 is 0 Å². The van der Waals surface area contributed by atoms with Crippen molar-refractivity contribution in [2.75, 3.05) is 18.8 Å². The third-order valence-corrected chi connectivity index (χ3v) is 4.17. The number of benzene rings is 1. The average Bonchev–Trinajstić information content (AvgIpc) is 2.77. The van der Waals surface area contributed by atoms with Crippen LogP contribution in [0, 0.1) is 0 Å². The van der Waals surface area contributed by atoms with E-state index in [4.69, 9.17) is 5.73 Å². The first-order valence-corrected chi connectivity index (χ1v) is 7.37. The molecule has 3 heteroatoms. The van der Waals surface area contributed by atoms with Crippen LogP contribution in [0.5, 0.6) is 0 Å². The number of hydrogen-bond donors (Lipinski definition) is 1.